The zero-order valence-electron chi connectivity index (χ0n) is 34.5. The van der Waals surface area contributed by atoms with E-state index >= 15 is 0 Å². The Morgan fingerprint density at radius 3 is 2.39 bits per heavy atom. The number of aromatic hydroxyl groups is 1. The lowest BCUT2D eigenvalue weighted by atomic mass is 9.72. The van der Waals surface area contributed by atoms with Crippen molar-refractivity contribution in [2.75, 3.05) is 13.7 Å². The van der Waals surface area contributed by atoms with Gasteiger partial charge in [-0.3, -0.25) is 14.4 Å². The van der Waals surface area contributed by atoms with Gasteiger partial charge in [0.05, 0.1) is 30.3 Å². The van der Waals surface area contributed by atoms with Crippen molar-refractivity contribution in [1.29, 1.82) is 0 Å². The molecule has 0 aromatic carbocycles. The first-order chi connectivity index (χ1) is 26.9. The summed E-state index contributed by atoms with van der Waals surface area (Å²) < 4.78 is 19.2. The van der Waals surface area contributed by atoms with Crippen molar-refractivity contribution in [1.82, 2.24) is 9.88 Å². The maximum absolute atomic E-state index is 13.3. The molecule has 2 aliphatic rings. The van der Waals surface area contributed by atoms with Crippen molar-refractivity contribution in [3.8, 4) is 5.75 Å². The summed E-state index contributed by atoms with van der Waals surface area (Å²) in [5, 5.41) is 57.0. The normalized spacial score (nSPS) is 28.9. The summed E-state index contributed by atoms with van der Waals surface area (Å²) in [5.74, 6) is -4.55. The van der Waals surface area contributed by atoms with Gasteiger partial charge >= 0.3 is 0 Å². The Bertz CT molecular complexity index is 1820. The van der Waals surface area contributed by atoms with Gasteiger partial charge in [-0.15, -0.1) is 0 Å². The number of aryl methyl sites for hydroxylation is 1. The molecule has 10 atom stereocenters. The summed E-state index contributed by atoms with van der Waals surface area (Å²) >= 11 is 0. The second kappa shape index (κ2) is 21.0. The lowest BCUT2D eigenvalue weighted by molar-refractivity contribution is -0.314. The van der Waals surface area contributed by atoms with Crippen molar-refractivity contribution in [3.63, 3.8) is 0 Å². The highest BCUT2D eigenvalue weighted by Crippen LogP contribution is 2.44. The van der Waals surface area contributed by atoms with Crippen LogP contribution in [0.2, 0.25) is 0 Å². The number of amides is 1. The Hall–Kier alpha value is -4.21. The summed E-state index contributed by atoms with van der Waals surface area (Å²) in [7, 11) is 3.03. The standard InChI is InChI=1S/C44H62N2O11/c1-10-12-14-22-34-43(6,7)33(48)26-44(54,57-34)30(11-2)41(52)45-24-18-17-20-28(4)39(55-9)29(5)40-38(51)37(50)32(56-40)21-16-13-15-19-27(3)36(49)35-31(47)23-25-46(8)42(35)53/h10,12-23,25,29-30,32-34,37-40,47-48,50-51,54H,11,24,26H2,1-9H3,(H,45,52)/b12-10+,15-13+,18-17+,21-16+,22-14+,27-19+,28-20+/t29-,30-,32-,33+,34+,37+,38+,39-,40+,44+/m1/s1. The summed E-state index contributed by atoms with van der Waals surface area (Å²) in [6.07, 6.45) is 16.0. The third-order valence-corrected chi connectivity index (χ3v) is 10.9. The number of nitrogens with zero attached hydrogens (tertiary/aromatic N) is 1. The van der Waals surface area contributed by atoms with E-state index in [1.807, 2.05) is 52.8 Å². The molecule has 0 aliphatic carbocycles. The number of rotatable bonds is 17. The molecule has 0 unspecified atom stereocenters. The minimum absolute atomic E-state index is 0.104. The molecule has 3 heterocycles. The number of aliphatic hydroxyl groups is 4. The van der Waals surface area contributed by atoms with E-state index in [4.69, 9.17) is 14.2 Å². The van der Waals surface area contributed by atoms with Crippen molar-refractivity contribution in [3.05, 3.63) is 112 Å². The third kappa shape index (κ3) is 11.5. The third-order valence-electron chi connectivity index (χ3n) is 10.9. The lowest BCUT2D eigenvalue weighted by Gasteiger charge is -2.50. The van der Waals surface area contributed by atoms with E-state index in [-0.39, 0.29) is 30.0 Å². The van der Waals surface area contributed by atoms with Crippen molar-refractivity contribution in [2.45, 2.75) is 110 Å². The number of ketones is 1. The number of methoxy groups -OCH3 is 1. The molecule has 1 aromatic rings. The van der Waals surface area contributed by atoms with Gasteiger partial charge in [-0.2, -0.15) is 0 Å². The molecule has 2 saturated heterocycles. The molecule has 57 heavy (non-hydrogen) atoms. The first-order valence-electron chi connectivity index (χ1n) is 19.3. The van der Waals surface area contributed by atoms with E-state index in [1.165, 1.54) is 36.9 Å². The number of carbonyl (C=O) groups is 2. The number of hydrogen-bond acceptors (Lipinski definition) is 11. The maximum atomic E-state index is 13.3. The zero-order valence-corrected chi connectivity index (χ0v) is 34.5. The smallest absolute Gasteiger partial charge is 0.265 e. The van der Waals surface area contributed by atoms with Gasteiger partial charge in [0.25, 0.3) is 5.56 Å². The molecule has 0 saturated carbocycles. The highest BCUT2D eigenvalue weighted by atomic mass is 16.6. The first-order valence-corrected chi connectivity index (χ1v) is 19.3. The summed E-state index contributed by atoms with van der Waals surface area (Å²) in [6, 6.07) is 1.28. The Labute approximate surface area is 336 Å². The number of allylic oxidation sites excluding steroid dienone is 10. The maximum Gasteiger partial charge on any atom is 0.265 e. The average molecular weight is 795 g/mol. The monoisotopic (exact) mass is 794 g/mol. The van der Waals surface area contributed by atoms with Crippen molar-refractivity contribution >= 4 is 11.7 Å². The minimum atomic E-state index is -1.86. The first kappa shape index (κ1) is 47.2. The Morgan fingerprint density at radius 2 is 1.74 bits per heavy atom. The Balaban J connectivity index is 1.59. The molecule has 0 bridgehead atoms. The fourth-order valence-electron chi connectivity index (χ4n) is 7.17. The number of hydrogen-bond donors (Lipinski definition) is 6. The molecule has 1 amide bonds. The molecule has 0 radical (unpaired) electrons. The quantitative estimate of drug-likeness (QED) is 0.0755. The predicted octanol–water partition coefficient (Wildman–Crippen LogP) is 4.11. The number of pyridine rings is 1. The van der Waals surface area contributed by atoms with E-state index in [1.54, 1.807) is 62.6 Å². The molecule has 2 fully saturated rings. The largest absolute Gasteiger partial charge is 0.507 e. The van der Waals surface area contributed by atoms with Crippen LogP contribution in [0, 0.1) is 17.3 Å². The molecular weight excluding hydrogens is 732 g/mol. The fourth-order valence-corrected chi connectivity index (χ4v) is 7.17. The summed E-state index contributed by atoms with van der Waals surface area (Å²) in [6.45, 7) is 12.8. The van der Waals surface area contributed by atoms with Gasteiger partial charge in [-0.1, -0.05) is 101 Å². The molecule has 0 spiro atoms. The number of carbonyl (C=O) groups excluding carboxylic acids is 2. The van der Waals surface area contributed by atoms with Gasteiger partial charge < -0.3 is 49.6 Å². The second-order valence-electron chi connectivity index (χ2n) is 15.4. The van der Waals surface area contributed by atoms with E-state index in [2.05, 4.69) is 5.32 Å². The van der Waals surface area contributed by atoms with Crippen LogP contribution in [0.1, 0.15) is 71.7 Å². The number of Topliss-reactive ketones (excluding diaryl/α,β-unsaturated/α-hetero) is 1. The highest BCUT2D eigenvalue weighted by Gasteiger charge is 2.54. The van der Waals surface area contributed by atoms with Crippen LogP contribution < -0.4 is 10.9 Å². The Morgan fingerprint density at radius 1 is 1.05 bits per heavy atom. The van der Waals surface area contributed by atoms with Crippen LogP contribution >= 0.6 is 0 Å². The Kier molecular flexibility index (Phi) is 17.4. The molecular formula is C44H62N2O11. The predicted molar refractivity (Wildman–Crippen MR) is 218 cm³/mol. The molecule has 13 nitrogen and oxygen atoms in total. The minimum Gasteiger partial charge on any atom is -0.507 e. The lowest BCUT2D eigenvalue weighted by Crippen LogP contribution is -2.60. The molecule has 1 aromatic heterocycles. The molecule has 13 heteroatoms. The van der Waals surface area contributed by atoms with Crippen LogP contribution in [0.5, 0.6) is 5.75 Å². The van der Waals surface area contributed by atoms with Gasteiger partial charge in [0.2, 0.25) is 5.91 Å². The van der Waals surface area contributed by atoms with Crippen LogP contribution in [0.15, 0.2) is 101 Å². The fraction of sp³-hybridized carbons (Fsp3) is 0.523. The summed E-state index contributed by atoms with van der Waals surface area (Å²) in [4.78, 5) is 38.4. The zero-order chi connectivity index (χ0) is 42.7. The van der Waals surface area contributed by atoms with Crippen molar-refractivity contribution < 1.29 is 49.3 Å². The second-order valence-corrected chi connectivity index (χ2v) is 15.4. The van der Waals surface area contributed by atoms with Crippen LogP contribution in [0.4, 0.5) is 0 Å². The molecule has 2 aliphatic heterocycles. The van der Waals surface area contributed by atoms with E-state index < -0.39 is 82.8 Å². The average Bonchev–Trinajstić information content (AvgIpc) is 3.44. The van der Waals surface area contributed by atoms with Gasteiger partial charge in [0, 0.05) is 44.7 Å². The van der Waals surface area contributed by atoms with Gasteiger partial charge in [0.1, 0.15) is 29.6 Å². The van der Waals surface area contributed by atoms with Gasteiger partial charge in [-0.25, -0.2) is 0 Å². The molecule has 6 N–H and O–H groups in total. The SMILES string of the molecule is C/C=C/C=C/[C@@H]1O[C@](O)([C@H](CC)C(=O)NC/C=C/C=C(\C)[C@@H](OC)[C@@H](C)[C@@H]2O[C@H](/C=C/C=C/C=C(\C)C(=O)c3c(O)ccn(C)c3=O)[C@H](O)[C@@H]2O)C[C@H](O)C1(C)C. The van der Waals surface area contributed by atoms with E-state index in [0.29, 0.717) is 6.42 Å². The summed E-state index contributed by atoms with van der Waals surface area (Å²) in [5.41, 5.74) is -0.547. The molecule has 314 valence electrons. The number of aromatic nitrogens is 1. The van der Waals surface area contributed by atoms with E-state index in [0.717, 1.165) is 5.57 Å². The number of ether oxygens (including phenoxy) is 3. The van der Waals surface area contributed by atoms with E-state index in [9.17, 15) is 39.9 Å². The number of nitrogens with one attached hydrogen (secondary N) is 1. The highest BCUT2D eigenvalue weighted by molar-refractivity contribution is 6.09. The van der Waals surface area contributed by atoms with Gasteiger partial charge in [-0.05, 0) is 44.4 Å². The van der Waals surface area contributed by atoms with Crippen LogP contribution in [0.25, 0.3) is 0 Å². The molecule has 3 rings (SSSR count). The topological polar surface area (TPSA) is 197 Å². The van der Waals surface area contributed by atoms with Crippen LogP contribution in [-0.2, 0) is 26.1 Å². The number of aliphatic hydroxyl groups excluding tert-OH is 3. The van der Waals surface area contributed by atoms with Crippen molar-refractivity contribution in [2.24, 2.45) is 24.3 Å². The van der Waals surface area contributed by atoms with Crippen LogP contribution in [-0.4, -0.2) is 104 Å². The van der Waals surface area contributed by atoms with Gasteiger partial charge in [0.15, 0.2) is 11.6 Å². The van der Waals surface area contributed by atoms with Crippen LogP contribution in [0.3, 0.4) is 0 Å².